The maximum absolute atomic E-state index is 5.78. The van der Waals surface area contributed by atoms with Gasteiger partial charge in [0.15, 0.2) is 5.76 Å². The Hall–Kier alpha value is -1.53. The van der Waals surface area contributed by atoms with Gasteiger partial charge < -0.3 is 4.74 Å². The topological polar surface area (TPSA) is 20.5 Å². The van der Waals surface area contributed by atoms with Gasteiger partial charge in [-0.15, -0.1) is 0 Å². The van der Waals surface area contributed by atoms with Crippen molar-refractivity contribution in [3.63, 3.8) is 0 Å². The number of ketones is 1. The highest BCUT2D eigenvalue weighted by Gasteiger charge is 2.16. The smallest absolute Gasteiger partial charge is 0.358 e. The van der Waals surface area contributed by atoms with Crippen molar-refractivity contribution < 1.29 is 9.16 Å². The fourth-order valence-corrected chi connectivity index (χ4v) is 1.94. The summed E-state index contributed by atoms with van der Waals surface area (Å²) < 4.78 is 10.9. The van der Waals surface area contributed by atoms with Crippen molar-refractivity contribution >= 4 is 5.78 Å². The maximum atomic E-state index is 5.78. The summed E-state index contributed by atoms with van der Waals surface area (Å²) in [5.74, 6) is 1.55. The average molecular weight is 261 g/mol. The van der Waals surface area contributed by atoms with Gasteiger partial charge in [0.2, 0.25) is 0 Å². The van der Waals surface area contributed by atoms with Gasteiger partial charge in [0.1, 0.15) is 0 Å². The maximum Gasteiger partial charge on any atom is 0.358 e. The van der Waals surface area contributed by atoms with E-state index in [1.807, 2.05) is 12.2 Å². The molecule has 104 valence electrons. The first-order valence-corrected chi connectivity index (χ1v) is 7.16. The molecule has 0 N–H and O–H groups in total. The van der Waals surface area contributed by atoms with E-state index in [4.69, 9.17) is 9.16 Å². The predicted molar refractivity (Wildman–Crippen MR) is 80.1 cm³/mol. The second-order valence-electron chi connectivity index (χ2n) is 4.64. The molecule has 19 heavy (non-hydrogen) atoms. The first kappa shape index (κ1) is 15.5. The van der Waals surface area contributed by atoms with Crippen LogP contribution in [0.15, 0.2) is 41.9 Å². The number of methoxy groups -OCH3 is 1. The summed E-state index contributed by atoms with van der Waals surface area (Å²) in [5.41, 5.74) is 4.00. The van der Waals surface area contributed by atoms with Gasteiger partial charge in [-0.25, -0.2) is 0 Å². The third-order valence-electron chi connectivity index (χ3n) is 3.11. The van der Waals surface area contributed by atoms with Crippen molar-refractivity contribution in [2.45, 2.75) is 45.4 Å². The Morgan fingerprint density at radius 3 is 2.68 bits per heavy atom. The zero-order valence-electron chi connectivity index (χ0n) is 12.2. The molecule has 1 rings (SSSR count). The highest BCUT2D eigenvalue weighted by Crippen LogP contribution is 2.11. The molecule has 0 radical (unpaired) electrons. The molecule has 0 saturated heterocycles. The summed E-state index contributed by atoms with van der Waals surface area (Å²) in [7, 11) is 1.63. The third kappa shape index (κ3) is 5.76. The Morgan fingerprint density at radius 1 is 1.26 bits per heavy atom. The van der Waals surface area contributed by atoms with E-state index in [1.165, 1.54) is 32.1 Å². The first-order valence-electron chi connectivity index (χ1n) is 7.16. The van der Waals surface area contributed by atoms with Crippen LogP contribution in [0, 0.1) is 0 Å². The standard InChI is InChI=1S/C17H25O2/c1-4-6-7-8-9-10-13-19-17-12-11-16(18-3)14-15(17)5-2/h5,12,14H,2,4,6-10,13H2,1,3H3/q+1. The monoisotopic (exact) mass is 261 g/mol. The van der Waals surface area contributed by atoms with E-state index in [1.54, 1.807) is 13.2 Å². The molecule has 0 fully saturated rings. The molecule has 0 atom stereocenters. The number of allylic oxidation sites excluding steroid dienone is 3. The van der Waals surface area contributed by atoms with Crippen LogP contribution in [0.1, 0.15) is 45.4 Å². The van der Waals surface area contributed by atoms with Gasteiger partial charge in [-0.2, -0.15) is 0 Å². The number of unbranched alkanes of at least 4 members (excludes halogenated alkanes) is 5. The summed E-state index contributed by atoms with van der Waals surface area (Å²) in [6, 6.07) is 0. The van der Waals surface area contributed by atoms with Crippen LogP contribution in [0.3, 0.4) is 0 Å². The third-order valence-corrected chi connectivity index (χ3v) is 3.11. The van der Waals surface area contributed by atoms with Crippen molar-refractivity contribution in [1.82, 2.24) is 0 Å². The van der Waals surface area contributed by atoms with Crippen molar-refractivity contribution in [3.05, 3.63) is 41.9 Å². The molecule has 0 unspecified atom stereocenters. The molecule has 0 heterocycles. The molecule has 1 aliphatic rings. The quantitative estimate of drug-likeness (QED) is 0.345. The van der Waals surface area contributed by atoms with Gasteiger partial charge in [-0.05, 0) is 6.42 Å². The average Bonchev–Trinajstić information content (AvgIpc) is 2.46. The van der Waals surface area contributed by atoms with E-state index in [0.717, 1.165) is 24.4 Å². The fourth-order valence-electron chi connectivity index (χ4n) is 1.94. The minimum atomic E-state index is 0.710. The summed E-state index contributed by atoms with van der Waals surface area (Å²) in [6.45, 7) is 6.79. The second-order valence-corrected chi connectivity index (χ2v) is 4.64. The molecular weight excluding hydrogens is 236 g/mol. The Labute approximate surface area is 116 Å². The van der Waals surface area contributed by atoms with Gasteiger partial charge in [0.25, 0.3) is 6.61 Å². The summed E-state index contributed by atoms with van der Waals surface area (Å²) in [5, 5.41) is 0. The SMILES string of the molecule is C=CC1=CC(OC)=C=CC1=[O+]CCCCCCCC. The summed E-state index contributed by atoms with van der Waals surface area (Å²) in [4.78, 5) is 0. The number of carbonyl (C=O) groups excluding carboxylic acids is 1. The number of rotatable bonds is 9. The van der Waals surface area contributed by atoms with Gasteiger partial charge in [-0.1, -0.05) is 51.0 Å². The first-order chi connectivity index (χ1) is 9.31. The highest BCUT2D eigenvalue weighted by molar-refractivity contribution is 6.07. The van der Waals surface area contributed by atoms with Crippen LogP contribution < -0.4 is 0 Å². The summed E-state index contributed by atoms with van der Waals surface area (Å²) in [6.07, 6.45) is 13.1. The van der Waals surface area contributed by atoms with Crippen LogP contribution in [0.5, 0.6) is 0 Å². The molecule has 2 heteroatoms. The minimum absolute atomic E-state index is 0.710. The van der Waals surface area contributed by atoms with E-state index >= 15 is 0 Å². The molecule has 0 amide bonds. The van der Waals surface area contributed by atoms with Crippen molar-refractivity contribution in [1.29, 1.82) is 0 Å². The van der Waals surface area contributed by atoms with Crippen LogP contribution in [0.25, 0.3) is 0 Å². The Kier molecular flexibility index (Phi) is 7.69. The molecular formula is C17H25O2+. The molecule has 0 aromatic carbocycles. The van der Waals surface area contributed by atoms with Crippen LogP contribution in [0.2, 0.25) is 0 Å². The van der Waals surface area contributed by atoms with Gasteiger partial charge >= 0.3 is 5.78 Å². The Balaban J connectivity index is 2.39. The van der Waals surface area contributed by atoms with Gasteiger partial charge in [0, 0.05) is 12.5 Å². The largest absolute Gasteiger partial charge is 0.489 e. The molecule has 0 spiro atoms. The Bertz CT molecular complexity index is 407. The van der Waals surface area contributed by atoms with E-state index < -0.39 is 0 Å². The molecule has 2 nitrogen and oxygen atoms in total. The normalized spacial score (nSPS) is 16.2. The Morgan fingerprint density at radius 2 is 2.00 bits per heavy atom. The number of ether oxygens (including phenoxy) is 1. The van der Waals surface area contributed by atoms with E-state index in [9.17, 15) is 0 Å². The highest BCUT2D eigenvalue weighted by atomic mass is 16.5. The molecule has 1 aliphatic carbocycles. The lowest BCUT2D eigenvalue weighted by Gasteiger charge is -2.01. The summed E-state index contributed by atoms with van der Waals surface area (Å²) >= 11 is 0. The zero-order valence-corrected chi connectivity index (χ0v) is 12.2. The lowest BCUT2D eigenvalue weighted by Crippen LogP contribution is -2.06. The van der Waals surface area contributed by atoms with Crippen LogP contribution in [-0.4, -0.2) is 19.5 Å². The molecule has 0 aromatic heterocycles. The zero-order chi connectivity index (χ0) is 13.9. The lowest BCUT2D eigenvalue weighted by molar-refractivity contribution is -0.456. The second kappa shape index (κ2) is 9.41. The minimum Gasteiger partial charge on any atom is -0.489 e. The number of hydrogen-bond donors (Lipinski definition) is 0. The van der Waals surface area contributed by atoms with Gasteiger partial charge in [0.05, 0.1) is 18.8 Å². The molecule has 0 aliphatic heterocycles. The van der Waals surface area contributed by atoms with Crippen molar-refractivity contribution in [2.24, 2.45) is 0 Å². The van der Waals surface area contributed by atoms with E-state index in [0.29, 0.717) is 5.76 Å². The molecule has 0 saturated carbocycles. The van der Waals surface area contributed by atoms with Crippen molar-refractivity contribution in [3.8, 4) is 0 Å². The molecule has 0 bridgehead atoms. The van der Waals surface area contributed by atoms with E-state index in [2.05, 4.69) is 19.2 Å². The van der Waals surface area contributed by atoms with Crippen LogP contribution in [0.4, 0.5) is 0 Å². The number of hydrogen-bond acceptors (Lipinski definition) is 1. The van der Waals surface area contributed by atoms with E-state index in [-0.39, 0.29) is 0 Å². The van der Waals surface area contributed by atoms with Crippen LogP contribution in [-0.2, 0) is 9.16 Å². The fraction of sp³-hybridized carbons (Fsp3) is 0.529. The van der Waals surface area contributed by atoms with Crippen LogP contribution >= 0.6 is 0 Å². The van der Waals surface area contributed by atoms with Crippen molar-refractivity contribution in [2.75, 3.05) is 13.7 Å². The predicted octanol–water partition coefficient (Wildman–Crippen LogP) is 4.26. The molecule has 0 aromatic rings. The lowest BCUT2D eigenvalue weighted by atomic mass is 10.1. The van der Waals surface area contributed by atoms with Gasteiger partial charge in [-0.3, -0.25) is 4.42 Å².